The highest BCUT2D eigenvalue weighted by Crippen LogP contribution is 2.59. The van der Waals surface area contributed by atoms with E-state index in [0.29, 0.717) is 25.1 Å². The maximum absolute atomic E-state index is 13.1. The van der Waals surface area contributed by atoms with Crippen molar-refractivity contribution >= 4 is 11.8 Å². The van der Waals surface area contributed by atoms with E-state index in [0.717, 1.165) is 0 Å². The van der Waals surface area contributed by atoms with E-state index in [1.807, 2.05) is 13.8 Å². The summed E-state index contributed by atoms with van der Waals surface area (Å²) in [6.07, 6.45) is -0.0372. The van der Waals surface area contributed by atoms with Crippen LogP contribution in [-0.4, -0.2) is 42.8 Å². The molecule has 10 nitrogen and oxygen atoms in total. The summed E-state index contributed by atoms with van der Waals surface area (Å²) in [4.78, 5) is 24.8. The topological polar surface area (TPSA) is 127 Å². The number of carbonyl (C=O) groups excluding carboxylic acids is 1. The highest BCUT2D eigenvalue weighted by Gasteiger charge is 2.57. The van der Waals surface area contributed by atoms with Crippen molar-refractivity contribution in [2.24, 2.45) is 5.92 Å². The van der Waals surface area contributed by atoms with Crippen molar-refractivity contribution in [3.63, 3.8) is 0 Å². The lowest BCUT2D eigenvalue weighted by Crippen LogP contribution is -2.54. The second-order valence-electron chi connectivity index (χ2n) is 8.03. The third-order valence-electron chi connectivity index (χ3n) is 5.76. The molecule has 0 spiro atoms. The molecule has 1 fully saturated rings. The van der Waals surface area contributed by atoms with Gasteiger partial charge in [-0.05, 0) is 38.3 Å². The van der Waals surface area contributed by atoms with Crippen LogP contribution in [0.5, 0.6) is 23.3 Å². The third-order valence-corrected chi connectivity index (χ3v) is 5.76. The number of non-ortho nitro benzene ring substituents is 1. The zero-order valence-corrected chi connectivity index (χ0v) is 16.9. The van der Waals surface area contributed by atoms with Crippen molar-refractivity contribution < 1.29 is 29.4 Å². The van der Waals surface area contributed by atoms with Crippen LogP contribution in [0.4, 0.5) is 10.5 Å². The van der Waals surface area contributed by atoms with Gasteiger partial charge in [-0.1, -0.05) is 6.92 Å². The molecule has 0 bridgehead atoms. The number of hydrogen-bond acceptors (Lipinski definition) is 7. The molecule has 0 saturated carbocycles. The number of fused-ring (bicyclic) bond motifs is 3. The van der Waals surface area contributed by atoms with Gasteiger partial charge in [-0.15, -0.1) is 0 Å². The second-order valence-corrected chi connectivity index (χ2v) is 8.03. The number of aromatic nitrogens is 1. The van der Waals surface area contributed by atoms with Crippen molar-refractivity contribution in [3.05, 3.63) is 39.9 Å². The molecule has 0 radical (unpaired) electrons. The van der Waals surface area contributed by atoms with Gasteiger partial charge in [-0.2, -0.15) is 0 Å². The molecule has 160 valence electrons. The number of carbonyl (C=O) groups is 1. The van der Waals surface area contributed by atoms with E-state index in [1.54, 1.807) is 6.92 Å². The lowest BCUT2D eigenvalue weighted by atomic mass is 9.80. The van der Waals surface area contributed by atoms with Crippen molar-refractivity contribution in [2.75, 3.05) is 6.54 Å². The lowest BCUT2D eigenvalue weighted by molar-refractivity contribution is -0.384. The minimum Gasteiger partial charge on any atom is -0.494 e. The number of amides is 1. The van der Waals surface area contributed by atoms with E-state index in [9.17, 15) is 25.1 Å². The summed E-state index contributed by atoms with van der Waals surface area (Å²) in [6, 6.07) is 4.58. The number of hydrogen-bond donors (Lipinski definition) is 2. The minimum atomic E-state index is -0.835. The summed E-state index contributed by atoms with van der Waals surface area (Å²) in [7, 11) is 0. The molecule has 1 aromatic carbocycles. The summed E-state index contributed by atoms with van der Waals surface area (Å²) >= 11 is 0. The standard InChI is InChI=1S/C20H23N3O7/c1-4-21-17(24)14-15(18(21)25)30-20(3)9-11(2)10-22(16(14)20)19(26)29-13-7-5-12(6-8-13)23(27)28/h5-8,11,16,24-25H,4,9-10H2,1-3H3/t11-,16-,20-/m0/s1. The van der Waals surface area contributed by atoms with Crippen LogP contribution < -0.4 is 9.47 Å². The SMILES string of the molecule is CCn1c(O)c2c(c1O)[C@@H]1N(C(=O)Oc3ccc([N+](=O)[O-])cc3)C[C@@H](C)C[C@]1(C)O2. The van der Waals surface area contributed by atoms with E-state index in [4.69, 9.17) is 9.47 Å². The van der Waals surface area contributed by atoms with E-state index < -0.39 is 22.7 Å². The molecule has 4 rings (SSSR count). The summed E-state index contributed by atoms with van der Waals surface area (Å²) in [5, 5.41) is 32.0. The van der Waals surface area contributed by atoms with Gasteiger partial charge < -0.3 is 19.7 Å². The van der Waals surface area contributed by atoms with Gasteiger partial charge in [0.25, 0.3) is 5.69 Å². The van der Waals surface area contributed by atoms with Gasteiger partial charge in [0.2, 0.25) is 11.8 Å². The van der Waals surface area contributed by atoms with E-state index >= 15 is 0 Å². The first-order valence-electron chi connectivity index (χ1n) is 9.72. The molecule has 1 aromatic heterocycles. The average Bonchev–Trinajstić information content (AvgIpc) is 3.11. The molecule has 10 heteroatoms. The smallest absolute Gasteiger partial charge is 0.415 e. The molecule has 2 aromatic rings. The van der Waals surface area contributed by atoms with Crippen molar-refractivity contribution in [1.29, 1.82) is 0 Å². The molecule has 0 aliphatic carbocycles. The van der Waals surface area contributed by atoms with Gasteiger partial charge in [0.05, 0.1) is 10.5 Å². The Morgan fingerprint density at radius 1 is 1.33 bits per heavy atom. The van der Waals surface area contributed by atoms with Crippen LogP contribution in [0.15, 0.2) is 24.3 Å². The van der Waals surface area contributed by atoms with E-state index in [1.165, 1.54) is 33.7 Å². The van der Waals surface area contributed by atoms with Gasteiger partial charge in [-0.25, -0.2) is 4.79 Å². The molecule has 1 amide bonds. The van der Waals surface area contributed by atoms with Gasteiger partial charge in [0, 0.05) is 25.2 Å². The van der Waals surface area contributed by atoms with Crippen molar-refractivity contribution in [2.45, 2.75) is 45.4 Å². The molecular weight excluding hydrogens is 394 g/mol. The molecule has 0 unspecified atom stereocenters. The molecule has 2 aliphatic rings. The Morgan fingerprint density at radius 3 is 2.60 bits per heavy atom. The van der Waals surface area contributed by atoms with E-state index in [-0.39, 0.29) is 34.9 Å². The second kappa shape index (κ2) is 6.82. The summed E-state index contributed by atoms with van der Waals surface area (Å²) in [5.74, 6) is 0.132. The fraction of sp³-hybridized carbons (Fsp3) is 0.450. The van der Waals surface area contributed by atoms with Crippen LogP contribution in [0.3, 0.4) is 0 Å². The Labute approximate surface area is 172 Å². The quantitative estimate of drug-likeness (QED) is 0.577. The molecule has 2 N–H and O–H groups in total. The number of benzene rings is 1. The maximum Gasteiger partial charge on any atom is 0.415 e. The number of rotatable bonds is 3. The Hall–Kier alpha value is -3.43. The number of piperidine rings is 1. The Kier molecular flexibility index (Phi) is 4.52. The van der Waals surface area contributed by atoms with Crippen LogP contribution in [0.25, 0.3) is 0 Å². The Balaban J connectivity index is 1.68. The van der Waals surface area contributed by atoms with Gasteiger partial charge in [-0.3, -0.25) is 19.6 Å². The van der Waals surface area contributed by atoms with Crippen LogP contribution in [0.1, 0.15) is 38.8 Å². The highest BCUT2D eigenvalue weighted by molar-refractivity contribution is 5.73. The third kappa shape index (κ3) is 2.90. The highest BCUT2D eigenvalue weighted by atomic mass is 16.6. The summed E-state index contributed by atoms with van der Waals surface area (Å²) < 4.78 is 12.9. The number of likely N-dealkylation sites (tertiary alicyclic amines) is 1. The fourth-order valence-corrected chi connectivity index (χ4v) is 4.64. The monoisotopic (exact) mass is 417 g/mol. The predicted octanol–water partition coefficient (Wildman–Crippen LogP) is 3.56. The predicted molar refractivity (Wildman–Crippen MR) is 105 cm³/mol. The lowest BCUT2D eigenvalue weighted by Gasteiger charge is -2.45. The van der Waals surface area contributed by atoms with Crippen molar-refractivity contribution in [1.82, 2.24) is 9.47 Å². The maximum atomic E-state index is 13.1. The van der Waals surface area contributed by atoms with Crippen molar-refractivity contribution in [3.8, 4) is 23.3 Å². The zero-order valence-electron chi connectivity index (χ0n) is 16.9. The first-order chi connectivity index (χ1) is 14.2. The Morgan fingerprint density at radius 2 is 2.00 bits per heavy atom. The molecule has 3 atom stereocenters. The molecule has 30 heavy (non-hydrogen) atoms. The fourth-order valence-electron chi connectivity index (χ4n) is 4.64. The number of nitro benzene ring substituents is 1. The summed E-state index contributed by atoms with van der Waals surface area (Å²) in [5.41, 5.74) is -0.577. The van der Waals surface area contributed by atoms with Gasteiger partial charge in [0.1, 0.15) is 17.4 Å². The normalized spacial score (nSPS) is 24.7. The summed E-state index contributed by atoms with van der Waals surface area (Å²) in [6.45, 7) is 6.30. The molecule has 1 saturated heterocycles. The van der Waals surface area contributed by atoms with Gasteiger partial charge >= 0.3 is 6.09 Å². The van der Waals surface area contributed by atoms with Crippen LogP contribution in [0, 0.1) is 16.0 Å². The van der Waals surface area contributed by atoms with Crippen LogP contribution in [-0.2, 0) is 6.54 Å². The first kappa shape index (κ1) is 19.9. The molecule has 3 heterocycles. The van der Waals surface area contributed by atoms with E-state index in [2.05, 4.69) is 0 Å². The van der Waals surface area contributed by atoms with Gasteiger partial charge in [0.15, 0.2) is 5.75 Å². The number of aromatic hydroxyl groups is 2. The largest absolute Gasteiger partial charge is 0.494 e. The van der Waals surface area contributed by atoms with Crippen LogP contribution in [0.2, 0.25) is 0 Å². The minimum absolute atomic E-state index is 0.0854. The zero-order chi connectivity index (χ0) is 21.8. The Bertz CT molecular complexity index is 1020. The number of nitro groups is 1. The first-order valence-corrected chi connectivity index (χ1v) is 9.72. The van der Waals surface area contributed by atoms with Crippen LogP contribution >= 0.6 is 0 Å². The molecular formula is C20H23N3O7. The average molecular weight is 417 g/mol. The number of ether oxygens (including phenoxy) is 2. The molecule has 2 aliphatic heterocycles. The number of nitrogens with zero attached hydrogens (tertiary/aromatic N) is 3.